The second-order valence-corrected chi connectivity index (χ2v) is 9.92. The van der Waals surface area contributed by atoms with Gasteiger partial charge in [-0.1, -0.05) is 20.4 Å². The summed E-state index contributed by atoms with van der Waals surface area (Å²) >= 11 is 0. The molecule has 3 N–H and O–H groups in total. The SMILES string of the molecule is C=C1C(=O)[C@@]23C[C@@H]1CC[C@@H]2[C@]12CO[C@@]3(O)[C@H](O)[C@H]1C(C)(C)CC[C@H]2O. The van der Waals surface area contributed by atoms with E-state index in [1.165, 1.54) is 0 Å². The van der Waals surface area contributed by atoms with Crippen LogP contribution in [0.3, 0.4) is 0 Å². The Kier molecular flexibility index (Phi) is 2.88. The van der Waals surface area contributed by atoms with Crippen LogP contribution in [0.25, 0.3) is 0 Å². The van der Waals surface area contributed by atoms with Gasteiger partial charge in [0.2, 0.25) is 5.79 Å². The standard InChI is InChI=1S/C20H28O5/c1-10-11-4-5-12-18-9-25-20(24,19(12,8-11)15(10)22)16(23)14(18)17(2,3)7-6-13(18)21/h11-14,16,21,23-24H,1,4-9H2,2-3H3/t11-,12+,13+,14-,16+,18-,19+,20-/m0/s1. The highest BCUT2D eigenvalue weighted by Crippen LogP contribution is 2.76. The average molecular weight is 348 g/mol. The van der Waals surface area contributed by atoms with Crippen molar-refractivity contribution in [2.45, 2.75) is 63.9 Å². The van der Waals surface area contributed by atoms with Crippen LogP contribution in [-0.2, 0) is 9.53 Å². The van der Waals surface area contributed by atoms with E-state index in [9.17, 15) is 20.1 Å². The maximum absolute atomic E-state index is 13.3. The Morgan fingerprint density at radius 2 is 1.92 bits per heavy atom. The lowest BCUT2D eigenvalue weighted by molar-refractivity contribution is -0.448. The first-order chi connectivity index (χ1) is 11.6. The summed E-state index contributed by atoms with van der Waals surface area (Å²) in [6.45, 7) is 8.41. The van der Waals surface area contributed by atoms with Crippen LogP contribution in [0, 0.1) is 34.0 Å². The van der Waals surface area contributed by atoms with Gasteiger partial charge in [-0.2, -0.15) is 0 Å². The number of ketones is 1. The summed E-state index contributed by atoms with van der Waals surface area (Å²) in [6.07, 6.45) is 1.77. The van der Waals surface area contributed by atoms with E-state index in [1.807, 2.05) is 0 Å². The van der Waals surface area contributed by atoms with Gasteiger partial charge >= 0.3 is 0 Å². The van der Waals surface area contributed by atoms with E-state index in [4.69, 9.17) is 4.74 Å². The van der Waals surface area contributed by atoms with Crippen molar-refractivity contribution in [2.24, 2.45) is 34.0 Å². The zero-order valence-corrected chi connectivity index (χ0v) is 15.0. The highest BCUT2D eigenvalue weighted by molar-refractivity contribution is 6.04. The minimum Gasteiger partial charge on any atom is -0.392 e. The van der Waals surface area contributed by atoms with Crippen molar-refractivity contribution in [1.29, 1.82) is 0 Å². The molecule has 0 aromatic heterocycles. The van der Waals surface area contributed by atoms with E-state index in [1.54, 1.807) is 0 Å². The molecule has 4 saturated carbocycles. The van der Waals surface area contributed by atoms with Crippen LogP contribution in [-0.4, -0.2) is 45.7 Å². The molecule has 4 aliphatic carbocycles. The van der Waals surface area contributed by atoms with Crippen LogP contribution >= 0.6 is 0 Å². The molecule has 25 heavy (non-hydrogen) atoms. The van der Waals surface area contributed by atoms with Gasteiger partial charge < -0.3 is 20.1 Å². The Balaban J connectivity index is 1.79. The first-order valence-electron chi connectivity index (χ1n) is 9.59. The summed E-state index contributed by atoms with van der Waals surface area (Å²) in [6, 6.07) is 0. The van der Waals surface area contributed by atoms with Crippen molar-refractivity contribution in [2.75, 3.05) is 6.61 Å². The highest BCUT2D eigenvalue weighted by Gasteiger charge is 2.84. The molecule has 138 valence electrons. The lowest BCUT2D eigenvalue weighted by Gasteiger charge is -2.74. The number of rotatable bonds is 0. The molecule has 0 radical (unpaired) electrons. The maximum atomic E-state index is 13.3. The first-order valence-corrected chi connectivity index (χ1v) is 9.59. The maximum Gasteiger partial charge on any atom is 0.205 e. The monoisotopic (exact) mass is 348 g/mol. The number of carbonyl (C=O) groups is 1. The van der Waals surface area contributed by atoms with Crippen molar-refractivity contribution >= 4 is 5.78 Å². The number of fused-ring (bicyclic) bond motifs is 2. The molecule has 5 heteroatoms. The third-order valence-corrected chi connectivity index (χ3v) is 8.81. The predicted molar refractivity (Wildman–Crippen MR) is 89.3 cm³/mol. The van der Waals surface area contributed by atoms with Crippen molar-refractivity contribution in [1.82, 2.24) is 0 Å². The summed E-state index contributed by atoms with van der Waals surface area (Å²) in [7, 11) is 0. The van der Waals surface area contributed by atoms with Crippen LogP contribution in [0.15, 0.2) is 12.2 Å². The molecule has 4 bridgehead atoms. The Bertz CT molecular complexity index is 686. The van der Waals surface area contributed by atoms with Crippen LogP contribution in [0.1, 0.15) is 46.0 Å². The molecule has 2 heterocycles. The fourth-order valence-electron chi connectivity index (χ4n) is 7.82. The van der Waals surface area contributed by atoms with Crippen LogP contribution in [0.5, 0.6) is 0 Å². The largest absolute Gasteiger partial charge is 0.392 e. The van der Waals surface area contributed by atoms with Crippen LogP contribution in [0.2, 0.25) is 0 Å². The average Bonchev–Trinajstić information content (AvgIpc) is 2.75. The van der Waals surface area contributed by atoms with Gasteiger partial charge in [-0.3, -0.25) is 4.79 Å². The lowest BCUT2D eigenvalue weighted by atomic mass is 9.36. The molecule has 0 amide bonds. The number of Topliss-reactive ketones (excluding diaryl/α,β-unsaturated/α-hetero) is 1. The molecule has 8 atom stereocenters. The molecule has 6 fully saturated rings. The van der Waals surface area contributed by atoms with E-state index < -0.39 is 28.8 Å². The normalized spacial score (nSPS) is 58.8. The van der Waals surface area contributed by atoms with Gasteiger partial charge in [-0.25, -0.2) is 0 Å². The van der Waals surface area contributed by atoms with Crippen molar-refractivity contribution < 1.29 is 24.9 Å². The summed E-state index contributed by atoms with van der Waals surface area (Å²) in [5.74, 6) is -2.39. The quantitative estimate of drug-likeness (QED) is 0.576. The Labute approximate surface area is 148 Å². The summed E-state index contributed by atoms with van der Waals surface area (Å²) in [4.78, 5) is 13.3. The Hall–Kier alpha value is -0.750. The van der Waals surface area contributed by atoms with Crippen LogP contribution in [0.4, 0.5) is 0 Å². The molecule has 2 spiro atoms. The van der Waals surface area contributed by atoms with Gasteiger partial charge in [0.05, 0.1) is 18.1 Å². The number of aliphatic hydroxyl groups is 3. The Morgan fingerprint density at radius 3 is 2.64 bits per heavy atom. The predicted octanol–water partition coefficient (Wildman–Crippen LogP) is 1.40. The topological polar surface area (TPSA) is 87.0 Å². The summed E-state index contributed by atoms with van der Waals surface area (Å²) < 4.78 is 5.89. The smallest absolute Gasteiger partial charge is 0.205 e. The van der Waals surface area contributed by atoms with E-state index in [0.29, 0.717) is 18.4 Å². The Morgan fingerprint density at radius 1 is 1.20 bits per heavy atom. The zero-order valence-electron chi connectivity index (χ0n) is 15.0. The van der Waals surface area contributed by atoms with Crippen molar-refractivity contribution in [3.63, 3.8) is 0 Å². The number of allylic oxidation sites excluding steroid dienone is 1. The molecular weight excluding hydrogens is 320 g/mol. The fraction of sp³-hybridized carbons (Fsp3) is 0.850. The molecule has 2 aliphatic heterocycles. The number of carbonyl (C=O) groups excluding carboxylic acids is 1. The molecule has 5 nitrogen and oxygen atoms in total. The minimum atomic E-state index is -1.87. The van der Waals surface area contributed by atoms with Crippen molar-refractivity contribution in [3.8, 4) is 0 Å². The van der Waals surface area contributed by atoms with Gasteiger partial charge in [0, 0.05) is 11.3 Å². The molecule has 6 rings (SSSR count). The second-order valence-electron chi connectivity index (χ2n) is 9.92. The molecule has 0 aromatic rings. The first kappa shape index (κ1) is 16.4. The highest BCUT2D eigenvalue weighted by atomic mass is 16.6. The number of hydrogen-bond donors (Lipinski definition) is 3. The molecule has 0 unspecified atom stereocenters. The van der Waals surface area contributed by atoms with Gasteiger partial charge in [0.15, 0.2) is 5.78 Å². The van der Waals surface area contributed by atoms with E-state index in [2.05, 4.69) is 20.4 Å². The number of hydrogen-bond acceptors (Lipinski definition) is 5. The third-order valence-electron chi connectivity index (χ3n) is 8.81. The minimum absolute atomic E-state index is 0.0616. The van der Waals surface area contributed by atoms with Crippen molar-refractivity contribution in [3.05, 3.63) is 12.2 Å². The number of ether oxygens (including phenoxy) is 1. The zero-order chi connectivity index (χ0) is 18.0. The van der Waals surface area contributed by atoms with Crippen LogP contribution < -0.4 is 0 Å². The van der Waals surface area contributed by atoms with Gasteiger partial charge in [-0.15, -0.1) is 0 Å². The van der Waals surface area contributed by atoms with E-state index >= 15 is 0 Å². The van der Waals surface area contributed by atoms with Gasteiger partial charge in [-0.05, 0) is 54.9 Å². The third kappa shape index (κ3) is 1.44. The van der Waals surface area contributed by atoms with Gasteiger partial charge in [0.25, 0.3) is 0 Å². The second kappa shape index (κ2) is 4.38. The molecular formula is C20H28O5. The molecule has 0 aromatic carbocycles. The lowest BCUT2D eigenvalue weighted by Crippen LogP contribution is -2.83. The summed E-state index contributed by atoms with van der Waals surface area (Å²) in [5, 5.41) is 34.0. The fourth-order valence-corrected chi connectivity index (χ4v) is 7.82. The molecule has 2 saturated heterocycles. The van der Waals surface area contributed by atoms with E-state index in [-0.39, 0.29) is 35.6 Å². The summed E-state index contributed by atoms with van der Waals surface area (Å²) in [5.41, 5.74) is -1.48. The number of aliphatic hydroxyl groups excluding tert-OH is 2. The molecule has 6 aliphatic rings. The van der Waals surface area contributed by atoms with E-state index in [0.717, 1.165) is 19.3 Å². The van der Waals surface area contributed by atoms with Gasteiger partial charge in [0.1, 0.15) is 6.10 Å².